The molecule has 0 radical (unpaired) electrons. The number of benzene rings is 1. The van der Waals surface area contributed by atoms with Gasteiger partial charge in [-0.3, -0.25) is 0 Å². The summed E-state index contributed by atoms with van der Waals surface area (Å²) in [5.74, 6) is 0.942. The summed E-state index contributed by atoms with van der Waals surface area (Å²) < 4.78 is 28.6. The van der Waals surface area contributed by atoms with Crippen molar-refractivity contribution in [1.29, 1.82) is 0 Å². The fraction of sp³-hybridized carbons (Fsp3) is 0. The van der Waals surface area contributed by atoms with Crippen LogP contribution in [0.2, 0.25) is 0 Å². The number of aromatic nitrogens is 1. The molecule has 2 aromatic rings. The SMILES string of the molecule is O=S(=O)(Cl)c1ccc(Oc2cccc(I)c2)nc1. The van der Waals surface area contributed by atoms with Crippen molar-refractivity contribution in [2.75, 3.05) is 0 Å². The zero-order chi connectivity index (χ0) is 13.2. The van der Waals surface area contributed by atoms with E-state index < -0.39 is 9.05 Å². The lowest BCUT2D eigenvalue weighted by Crippen LogP contribution is -1.93. The van der Waals surface area contributed by atoms with E-state index in [1.165, 1.54) is 12.1 Å². The van der Waals surface area contributed by atoms with E-state index in [2.05, 4.69) is 27.6 Å². The highest BCUT2D eigenvalue weighted by Crippen LogP contribution is 2.22. The third-order valence-corrected chi connectivity index (χ3v) is 4.02. The average Bonchev–Trinajstić information content (AvgIpc) is 2.28. The van der Waals surface area contributed by atoms with E-state index in [9.17, 15) is 8.42 Å². The van der Waals surface area contributed by atoms with Gasteiger partial charge in [0, 0.05) is 20.3 Å². The molecule has 1 aromatic heterocycles. The molecule has 0 amide bonds. The maximum Gasteiger partial charge on any atom is 0.262 e. The van der Waals surface area contributed by atoms with Crippen molar-refractivity contribution in [3.63, 3.8) is 0 Å². The highest BCUT2D eigenvalue weighted by atomic mass is 127. The molecule has 4 nitrogen and oxygen atoms in total. The van der Waals surface area contributed by atoms with Crippen LogP contribution in [-0.4, -0.2) is 13.4 Å². The normalized spacial score (nSPS) is 11.2. The van der Waals surface area contributed by atoms with Crippen LogP contribution >= 0.6 is 33.3 Å². The lowest BCUT2D eigenvalue weighted by Gasteiger charge is -2.05. The molecule has 1 aromatic carbocycles. The summed E-state index contributed by atoms with van der Waals surface area (Å²) >= 11 is 2.17. The Morgan fingerprint density at radius 1 is 1.22 bits per heavy atom. The van der Waals surface area contributed by atoms with Crippen LogP contribution in [0.5, 0.6) is 11.6 Å². The van der Waals surface area contributed by atoms with Gasteiger partial charge in [0.05, 0.1) is 6.20 Å². The first kappa shape index (κ1) is 13.6. The van der Waals surface area contributed by atoms with Crippen molar-refractivity contribution in [1.82, 2.24) is 4.98 Å². The Hall–Kier alpha value is -0.860. The Kier molecular flexibility index (Phi) is 4.08. The van der Waals surface area contributed by atoms with E-state index >= 15 is 0 Å². The molecule has 0 aliphatic heterocycles. The van der Waals surface area contributed by atoms with E-state index in [0.29, 0.717) is 11.6 Å². The third-order valence-electron chi connectivity index (χ3n) is 2.01. The zero-order valence-corrected chi connectivity index (χ0v) is 12.6. The number of halogens is 2. The van der Waals surface area contributed by atoms with Gasteiger partial charge in [0.1, 0.15) is 10.6 Å². The van der Waals surface area contributed by atoms with Crippen LogP contribution in [-0.2, 0) is 9.05 Å². The molecule has 0 unspecified atom stereocenters. The summed E-state index contributed by atoms with van der Waals surface area (Å²) in [5, 5.41) is 0. The lowest BCUT2D eigenvalue weighted by atomic mass is 10.3. The summed E-state index contributed by atoms with van der Waals surface area (Å²) in [6.07, 6.45) is 1.16. The highest BCUT2D eigenvalue weighted by Gasteiger charge is 2.10. The fourth-order valence-electron chi connectivity index (χ4n) is 1.22. The van der Waals surface area contributed by atoms with Crippen LogP contribution in [0.1, 0.15) is 0 Å². The molecular formula is C11H7ClINO3S. The molecule has 7 heteroatoms. The maximum atomic E-state index is 11.0. The largest absolute Gasteiger partial charge is 0.439 e. The van der Waals surface area contributed by atoms with Crippen LogP contribution in [0, 0.1) is 3.57 Å². The van der Waals surface area contributed by atoms with Crippen LogP contribution in [0.4, 0.5) is 0 Å². The summed E-state index contributed by atoms with van der Waals surface area (Å²) in [4.78, 5) is 3.83. The molecule has 0 bridgehead atoms. The zero-order valence-electron chi connectivity index (χ0n) is 8.88. The molecule has 1 heterocycles. The second-order valence-electron chi connectivity index (χ2n) is 3.33. The minimum absolute atomic E-state index is 0.0563. The number of hydrogen-bond donors (Lipinski definition) is 0. The van der Waals surface area contributed by atoms with Gasteiger partial charge in [-0.2, -0.15) is 0 Å². The minimum Gasteiger partial charge on any atom is -0.439 e. The van der Waals surface area contributed by atoms with Crippen LogP contribution in [0.15, 0.2) is 47.5 Å². The van der Waals surface area contributed by atoms with Gasteiger partial charge in [-0.1, -0.05) is 6.07 Å². The summed E-state index contributed by atoms with van der Waals surface area (Å²) in [7, 11) is 1.44. The van der Waals surface area contributed by atoms with Crippen LogP contribution in [0.25, 0.3) is 0 Å². The lowest BCUT2D eigenvalue weighted by molar-refractivity contribution is 0.461. The third kappa shape index (κ3) is 3.56. The highest BCUT2D eigenvalue weighted by molar-refractivity contribution is 14.1. The van der Waals surface area contributed by atoms with Gasteiger partial charge in [0.2, 0.25) is 5.88 Å². The van der Waals surface area contributed by atoms with E-state index in [1.54, 1.807) is 6.07 Å². The Balaban J connectivity index is 2.21. The van der Waals surface area contributed by atoms with E-state index in [1.807, 2.05) is 18.2 Å². The van der Waals surface area contributed by atoms with Crippen LogP contribution in [0.3, 0.4) is 0 Å². The molecule has 0 N–H and O–H groups in total. The topological polar surface area (TPSA) is 56.3 Å². The number of hydrogen-bond acceptors (Lipinski definition) is 4. The Morgan fingerprint density at radius 3 is 2.56 bits per heavy atom. The van der Waals surface area contributed by atoms with Crippen molar-refractivity contribution in [2.45, 2.75) is 4.90 Å². The number of nitrogens with zero attached hydrogens (tertiary/aromatic N) is 1. The molecule has 0 saturated heterocycles. The first-order chi connectivity index (χ1) is 8.45. The quantitative estimate of drug-likeness (QED) is 0.590. The molecular weight excluding hydrogens is 389 g/mol. The molecule has 0 aliphatic carbocycles. The smallest absolute Gasteiger partial charge is 0.262 e. The van der Waals surface area contributed by atoms with Gasteiger partial charge < -0.3 is 4.74 Å². The molecule has 94 valence electrons. The van der Waals surface area contributed by atoms with Crippen molar-refractivity contribution in [3.8, 4) is 11.6 Å². The van der Waals surface area contributed by atoms with Gasteiger partial charge in [-0.15, -0.1) is 0 Å². The molecule has 0 saturated carbocycles. The first-order valence-electron chi connectivity index (χ1n) is 4.79. The summed E-state index contributed by atoms with van der Waals surface area (Å²) in [5.41, 5.74) is 0. The van der Waals surface area contributed by atoms with Crippen molar-refractivity contribution in [2.24, 2.45) is 0 Å². The van der Waals surface area contributed by atoms with E-state index in [-0.39, 0.29) is 4.90 Å². The van der Waals surface area contributed by atoms with E-state index in [0.717, 1.165) is 9.77 Å². The molecule has 18 heavy (non-hydrogen) atoms. The van der Waals surface area contributed by atoms with Gasteiger partial charge in [0.15, 0.2) is 0 Å². The molecule has 0 atom stereocenters. The fourth-order valence-corrected chi connectivity index (χ4v) is 2.42. The van der Waals surface area contributed by atoms with Crippen LogP contribution < -0.4 is 4.74 Å². The molecule has 0 fully saturated rings. The predicted molar refractivity (Wildman–Crippen MR) is 76.5 cm³/mol. The minimum atomic E-state index is -3.75. The second kappa shape index (κ2) is 5.41. The number of rotatable bonds is 3. The Labute approximate surface area is 123 Å². The van der Waals surface area contributed by atoms with Gasteiger partial charge in [-0.25, -0.2) is 13.4 Å². The van der Waals surface area contributed by atoms with Gasteiger partial charge in [0.25, 0.3) is 9.05 Å². The maximum absolute atomic E-state index is 11.0. The summed E-state index contributed by atoms with van der Waals surface area (Å²) in [6.45, 7) is 0. The standard InChI is InChI=1S/C11H7ClINO3S/c12-18(15,16)10-4-5-11(14-7-10)17-9-3-1-2-8(13)6-9/h1-7H. The van der Waals surface area contributed by atoms with Gasteiger partial charge in [-0.05, 0) is 46.9 Å². The van der Waals surface area contributed by atoms with Crippen molar-refractivity contribution in [3.05, 3.63) is 46.2 Å². The molecule has 0 aliphatic rings. The summed E-state index contributed by atoms with van der Waals surface area (Å²) in [6, 6.07) is 10.2. The Bertz CT molecular complexity index is 658. The number of pyridine rings is 1. The van der Waals surface area contributed by atoms with Crippen molar-refractivity contribution >= 4 is 42.3 Å². The predicted octanol–water partition coefficient (Wildman–Crippen LogP) is 3.41. The second-order valence-corrected chi connectivity index (χ2v) is 7.14. The first-order valence-corrected chi connectivity index (χ1v) is 8.18. The molecule has 2 rings (SSSR count). The monoisotopic (exact) mass is 395 g/mol. The Morgan fingerprint density at radius 2 is 2.00 bits per heavy atom. The van der Waals surface area contributed by atoms with E-state index in [4.69, 9.17) is 15.4 Å². The average molecular weight is 396 g/mol. The van der Waals surface area contributed by atoms with Crippen molar-refractivity contribution < 1.29 is 13.2 Å². The number of ether oxygens (including phenoxy) is 1. The molecule has 0 spiro atoms. The van der Waals surface area contributed by atoms with Gasteiger partial charge >= 0.3 is 0 Å².